The molecular weight excluding hydrogens is 361 g/mol. The van der Waals surface area contributed by atoms with Gasteiger partial charge in [-0.1, -0.05) is 34.8 Å². The van der Waals surface area contributed by atoms with Gasteiger partial charge in [-0.15, -0.1) is 0 Å². The van der Waals surface area contributed by atoms with Gasteiger partial charge in [0.2, 0.25) is 5.89 Å². The van der Waals surface area contributed by atoms with Crippen molar-refractivity contribution in [3.05, 3.63) is 55.8 Å². The third kappa shape index (κ3) is 3.15. The highest BCUT2D eigenvalue weighted by Crippen LogP contribution is 2.37. The van der Waals surface area contributed by atoms with E-state index in [2.05, 4.69) is 4.98 Å². The van der Waals surface area contributed by atoms with E-state index < -0.39 is 5.63 Å². The number of nitrogens with zero attached hydrogens (tertiary/aromatic N) is 1. The Morgan fingerprint density at radius 3 is 2.48 bits per heavy atom. The number of benzene rings is 2. The van der Waals surface area contributed by atoms with Crippen molar-refractivity contribution in [3.63, 3.8) is 0 Å². The molecule has 0 unspecified atom stereocenters. The van der Waals surface area contributed by atoms with Crippen LogP contribution in [0.1, 0.15) is 6.92 Å². The Hall–Kier alpha value is -1.75. The first-order valence-corrected chi connectivity index (χ1v) is 7.85. The van der Waals surface area contributed by atoms with Crippen molar-refractivity contribution in [3.8, 4) is 17.2 Å². The molecule has 0 N–H and O–H groups in total. The summed E-state index contributed by atoms with van der Waals surface area (Å²) in [5.74, 6) is 0.506. The molecule has 0 bridgehead atoms. The number of hydrogen-bond donors (Lipinski definition) is 0. The van der Waals surface area contributed by atoms with Crippen LogP contribution >= 0.6 is 34.8 Å². The summed E-state index contributed by atoms with van der Waals surface area (Å²) in [6.07, 6.45) is 0. The number of fused-ring (bicyclic) bond motifs is 1. The fourth-order valence-corrected chi connectivity index (χ4v) is 2.90. The van der Waals surface area contributed by atoms with E-state index in [1.807, 2.05) is 6.92 Å². The van der Waals surface area contributed by atoms with Gasteiger partial charge in [-0.05, 0) is 37.3 Å². The van der Waals surface area contributed by atoms with E-state index in [4.69, 9.17) is 44.0 Å². The smallest absolute Gasteiger partial charge is 0.347 e. The number of rotatable bonds is 3. The average molecular weight is 371 g/mol. The number of aromatic nitrogens is 1. The van der Waals surface area contributed by atoms with E-state index in [0.29, 0.717) is 43.9 Å². The van der Waals surface area contributed by atoms with E-state index in [-0.39, 0.29) is 5.89 Å². The topological polar surface area (TPSA) is 52.3 Å². The van der Waals surface area contributed by atoms with Crippen LogP contribution in [0.2, 0.25) is 15.1 Å². The molecule has 0 atom stereocenters. The number of halogens is 3. The Bertz CT molecular complexity index is 930. The monoisotopic (exact) mass is 369 g/mol. The van der Waals surface area contributed by atoms with Gasteiger partial charge in [-0.3, -0.25) is 0 Å². The van der Waals surface area contributed by atoms with Crippen molar-refractivity contribution in [2.45, 2.75) is 6.92 Å². The second-order valence-electron chi connectivity index (χ2n) is 4.67. The van der Waals surface area contributed by atoms with Gasteiger partial charge in [0.1, 0.15) is 0 Å². The molecule has 2 aromatic carbocycles. The van der Waals surface area contributed by atoms with Crippen molar-refractivity contribution in [2.24, 2.45) is 0 Å². The molecule has 3 aromatic rings. The van der Waals surface area contributed by atoms with Crippen LogP contribution in [0.5, 0.6) is 5.75 Å². The molecule has 23 heavy (non-hydrogen) atoms. The fraction of sp³-hybridized carbons (Fsp3) is 0.125. The highest BCUT2D eigenvalue weighted by molar-refractivity contribution is 6.37. The predicted molar refractivity (Wildman–Crippen MR) is 91.9 cm³/mol. The summed E-state index contributed by atoms with van der Waals surface area (Å²) in [6, 6.07) is 7.99. The Labute approximate surface area is 146 Å². The second kappa shape index (κ2) is 6.40. The maximum atomic E-state index is 12.1. The summed E-state index contributed by atoms with van der Waals surface area (Å²) in [5.41, 5.74) is 0.424. The molecular formula is C16H10Cl3NO3. The highest BCUT2D eigenvalue weighted by atomic mass is 35.5. The quantitative estimate of drug-likeness (QED) is 0.635. The molecule has 0 fully saturated rings. The predicted octanol–water partition coefficient (Wildman–Crippen LogP) is 5.21. The van der Waals surface area contributed by atoms with Gasteiger partial charge in [0, 0.05) is 10.6 Å². The zero-order valence-corrected chi connectivity index (χ0v) is 14.2. The molecule has 4 nitrogen and oxygen atoms in total. The summed E-state index contributed by atoms with van der Waals surface area (Å²) < 4.78 is 10.6. The summed E-state index contributed by atoms with van der Waals surface area (Å²) in [7, 11) is 0. The van der Waals surface area contributed by atoms with Gasteiger partial charge in [0.15, 0.2) is 5.75 Å². The van der Waals surface area contributed by atoms with E-state index >= 15 is 0 Å². The molecule has 0 saturated heterocycles. The molecule has 0 aliphatic heterocycles. The third-order valence-electron chi connectivity index (χ3n) is 3.12. The van der Waals surface area contributed by atoms with Crippen LogP contribution in [0.15, 0.2) is 39.5 Å². The van der Waals surface area contributed by atoms with E-state index in [1.54, 1.807) is 24.3 Å². The van der Waals surface area contributed by atoms with Gasteiger partial charge in [0.05, 0.1) is 27.6 Å². The SMILES string of the molecule is CCOc1c(Cl)cc(-c2nc3ccc(Cl)cc3c(=O)o2)cc1Cl. The zero-order valence-electron chi connectivity index (χ0n) is 11.9. The first-order valence-electron chi connectivity index (χ1n) is 6.72. The Morgan fingerprint density at radius 2 is 1.83 bits per heavy atom. The normalized spacial score (nSPS) is 11.0. The van der Waals surface area contributed by atoms with Gasteiger partial charge in [-0.25, -0.2) is 9.78 Å². The molecule has 0 spiro atoms. The van der Waals surface area contributed by atoms with Crippen LogP contribution in [-0.4, -0.2) is 11.6 Å². The average Bonchev–Trinajstić information content (AvgIpc) is 2.51. The van der Waals surface area contributed by atoms with E-state index in [0.717, 1.165) is 0 Å². The Kier molecular flexibility index (Phi) is 4.48. The molecule has 118 valence electrons. The molecule has 1 aromatic heterocycles. The van der Waals surface area contributed by atoms with E-state index in [9.17, 15) is 4.79 Å². The molecule has 0 aliphatic carbocycles. The zero-order chi connectivity index (χ0) is 16.6. The van der Waals surface area contributed by atoms with Crippen LogP contribution in [0.25, 0.3) is 22.4 Å². The van der Waals surface area contributed by atoms with Crippen LogP contribution in [0.4, 0.5) is 0 Å². The van der Waals surface area contributed by atoms with Crippen LogP contribution in [-0.2, 0) is 0 Å². The lowest BCUT2D eigenvalue weighted by atomic mass is 10.2. The molecule has 7 heteroatoms. The minimum Gasteiger partial charge on any atom is -0.491 e. The Morgan fingerprint density at radius 1 is 1.13 bits per heavy atom. The molecule has 0 saturated carbocycles. The molecule has 1 heterocycles. The lowest BCUT2D eigenvalue weighted by molar-refractivity contribution is 0.340. The van der Waals surface area contributed by atoms with E-state index in [1.165, 1.54) is 6.07 Å². The number of ether oxygens (including phenoxy) is 1. The van der Waals surface area contributed by atoms with Gasteiger partial charge in [0.25, 0.3) is 0 Å². The van der Waals surface area contributed by atoms with Crippen LogP contribution < -0.4 is 10.4 Å². The van der Waals surface area contributed by atoms with Crippen LogP contribution in [0.3, 0.4) is 0 Å². The summed E-state index contributed by atoms with van der Waals surface area (Å²) in [5, 5.41) is 1.38. The van der Waals surface area contributed by atoms with Crippen LogP contribution in [0, 0.1) is 0 Å². The largest absolute Gasteiger partial charge is 0.491 e. The summed E-state index contributed by atoms with van der Waals surface area (Å²) in [6.45, 7) is 2.26. The lowest BCUT2D eigenvalue weighted by Gasteiger charge is -2.09. The third-order valence-corrected chi connectivity index (χ3v) is 3.92. The first-order chi connectivity index (χ1) is 11.0. The molecule has 3 rings (SSSR count). The number of hydrogen-bond acceptors (Lipinski definition) is 4. The van der Waals surface area contributed by atoms with Crippen molar-refractivity contribution in [1.82, 2.24) is 4.98 Å². The lowest BCUT2D eigenvalue weighted by Crippen LogP contribution is -2.03. The van der Waals surface area contributed by atoms with Gasteiger partial charge in [-0.2, -0.15) is 0 Å². The van der Waals surface area contributed by atoms with Crippen molar-refractivity contribution >= 4 is 45.7 Å². The van der Waals surface area contributed by atoms with Crippen molar-refractivity contribution < 1.29 is 9.15 Å². The highest BCUT2D eigenvalue weighted by Gasteiger charge is 2.14. The summed E-state index contributed by atoms with van der Waals surface area (Å²) >= 11 is 18.2. The van der Waals surface area contributed by atoms with Crippen molar-refractivity contribution in [2.75, 3.05) is 6.61 Å². The first kappa shape index (κ1) is 16.1. The van der Waals surface area contributed by atoms with Gasteiger partial charge >= 0.3 is 5.63 Å². The minimum atomic E-state index is -0.534. The second-order valence-corrected chi connectivity index (χ2v) is 5.92. The maximum absolute atomic E-state index is 12.1. The molecule has 0 amide bonds. The van der Waals surface area contributed by atoms with Crippen molar-refractivity contribution in [1.29, 1.82) is 0 Å². The maximum Gasteiger partial charge on any atom is 0.347 e. The molecule has 0 radical (unpaired) electrons. The molecule has 0 aliphatic rings. The summed E-state index contributed by atoms with van der Waals surface area (Å²) in [4.78, 5) is 16.4. The Balaban J connectivity index is 2.17. The minimum absolute atomic E-state index is 0.122. The standard InChI is InChI=1S/C16H10Cl3NO3/c1-2-22-14-11(18)5-8(6-12(14)19)15-20-13-4-3-9(17)7-10(13)16(21)23-15/h3-7H,2H2,1H3. The fourth-order valence-electron chi connectivity index (χ4n) is 2.13. The van der Waals surface area contributed by atoms with Gasteiger partial charge < -0.3 is 9.15 Å².